The minimum atomic E-state index is -1.36. The van der Waals surface area contributed by atoms with E-state index in [4.69, 9.17) is 9.84 Å². The van der Waals surface area contributed by atoms with Crippen molar-refractivity contribution in [2.45, 2.75) is 31.8 Å². The van der Waals surface area contributed by atoms with Gasteiger partial charge in [-0.1, -0.05) is 42.5 Å². The number of carbonyl (C=O) groups excluding carboxylic acids is 1. The van der Waals surface area contributed by atoms with Crippen LogP contribution >= 0.6 is 0 Å². The molecule has 2 unspecified atom stereocenters. The highest BCUT2D eigenvalue weighted by molar-refractivity contribution is 7.89. The predicted molar refractivity (Wildman–Crippen MR) is 116 cm³/mol. The second-order valence-corrected chi connectivity index (χ2v) is 8.00. The zero-order chi connectivity index (χ0) is 21.1. The number of rotatable bonds is 11. The minimum absolute atomic E-state index is 0.0287. The smallest absolute Gasteiger partial charge is 0.202 e. The van der Waals surface area contributed by atoms with Gasteiger partial charge < -0.3 is 14.9 Å². The second-order valence-electron chi connectivity index (χ2n) is 6.65. The fraction of sp³-hybridized carbons (Fsp3) is 0.348. The van der Waals surface area contributed by atoms with Crippen LogP contribution in [0.15, 0.2) is 76.8 Å². The molecule has 2 rings (SSSR count). The van der Waals surface area contributed by atoms with Crippen molar-refractivity contribution in [2.24, 2.45) is 0 Å². The molecule has 2 N–H and O–H groups in total. The highest BCUT2D eigenvalue weighted by Crippen LogP contribution is 2.28. The maximum absolute atomic E-state index is 12.6. The highest BCUT2D eigenvalue weighted by atomic mass is 32.2. The van der Waals surface area contributed by atoms with Crippen molar-refractivity contribution in [2.75, 3.05) is 19.5 Å². The third-order valence-corrected chi connectivity index (χ3v) is 5.28. The summed E-state index contributed by atoms with van der Waals surface area (Å²) in [7, 11) is -1.36. The van der Waals surface area contributed by atoms with Gasteiger partial charge >= 0.3 is 0 Å². The first-order valence-electron chi connectivity index (χ1n) is 9.68. The fourth-order valence-electron chi connectivity index (χ4n) is 2.83. The zero-order valence-corrected chi connectivity index (χ0v) is 17.4. The number of hydrogen-bond acceptors (Lipinski definition) is 5. The molecule has 0 saturated heterocycles. The van der Waals surface area contributed by atoms with Gasteiger partial charge in [0.2, 0.25) is 5.78 Å². The summed E-state index contributed by atoms with van der Waals surface area (Å²) in [5.74, 6) is 0.581. The molecule has 0 saturated carbocycles. The number of aliphatic hydroxyl groups excluding tert-OH is 2. The topological polar surface area (TPSA) is 83.8 Å². The molecule has 5 nitrogen and oxygen atoms in total. The van der Waals surface area contributed by atoms with Crippen molar-refractivity contribution in [3.63, 3.8) is 0 Å². The van der Waals surface area contributed by atoms with E-state index >= 15 is 0 Å². The van der Waals surface area contributed by atoms with Crippen molar-refractivity contribution >= 4 is 16.6 Å². The molecular weight excluding hydrogens is 388 g/mol. The number of ether oxygens (including phenoxy) is 1. The maximum Gasteiger partial charge on any atom is 0.202 e. The van der Waals surface area contributed by atoms with Crippen molar-refractivity contribution < 1.29 is 24.0 Å². The number of aliphatic hydroxyl groups is 2. The van der Waals surface area contributed by atoms with Crippen molar-refractivity contribution in [3.8, 4) is 5.75 Å². The van der Waals surface area contributed by atoms with E-state index in [1.165, 1.54) is 6.26 Å². The van der Waals surface area contributed by atoms with E-state index in [-0.39, 0.29) is 17.3 Å². The second kappa shape index (κ2) is 12.3. The van der Waals surface area contributed by atoms with Crippen LogP contribution in [0, 0.1) is 0 Å². The molecule has 0 fully saturated rings. The molecule has 0 aromatic heterocycles. The first kappa shape index (κ1) is 23.0. The van der Waals surface area contributed by atoms with E-state index in [0.717, 1.165) is 24.2 Å². The van der Waals surface area contributed by atoms with Crippen molar-refractivity contribution in [3.05, 3.63) is 76.8 Å². The van der Waals surface area contributed by atoms with Gasteiger partial charge in [-0.2, -0.15) is 0 Å². The molecule has 0 bridgehead atoms. The predicted octanol–water partition coefficient (Wildman–Crippen LogP) is 3.23. The van der Waals surface area contributed by atoms with E-state index in [2.05, 4.69) is 0 Å². The lowest BCUT2D eigenvalue weighted by atomic mass is 10.1. The molecule has 1 aliphatic carbocycles. The standard InChI is InChI=1S/C23H28O5S/c1-29(27)22-17-18(9-5-6-16-28-20-12-3-2-4-13-20)21(23(22)26)14-7-10-19(25)11-8-15-24/h2-4,7,9-10,12-14,17,19,24-25H,5-6,8,11,15-16H2,1H3. The van der Waals surface area contributed by atoms with Crippen LogP contribution in [0.4, 0.5) is 0 Å². The van der Waals surface area contributed by atoms with Gasteiger partial charge in [-0.15, -0.1) is 0 Å². The van der Waals surface area contributed by atoms with Gasteiger partial charge in [0.15, 0.2) is 0 Å². The van der Waals surface area contributed by atoms with Crippen LogP contribution in [-0.2, 0) is 15.6 Å². The van der Waals surface area contributed by atoms with Crippen LogP contribution in [0.2, 0.25) is 0 Å². The van der Waals surface area contributed by atoms with Gasteiger partial charge in [0.1, 0.15) is 5.75 Å². The van der Waals surface area contributed by atoms with E-state index in [9.17, 15) is 14.1 Å². The largest absolute Gasteiger partial charge is 0.494 e. The summed E-state index contributed by atoms with van der Waals surface area (Å²) < 4.78 is 17.5. The Hall–Kier alpha value is -2.28. The average molecular weight is 417 g/mol. The number of ketones is 1. The molecule has 0 spiro atoms. The average Bonchev–Trinajstić information content (AvgIpc) is 3.03. The number of allylic oxidation sites excluding steroid dienone is 7. The lowest BCUT2D eigenvalue weighted by molar-refractivity contribution is -0.111. The summed E-state index contributed by atoms with van der Waals surface area (Å²) in [5, 5.41) is 18.6. The third kappa shape index (κ3) is 7.57. The Balaban J connectivity index is 1.99. The van der Waals surface area contributed by atoms with E-state index in [1.54, 1.807) is 24.3 Å². The summed E-state index contributed by atoms with van der Waals surface area (Å²) in [6, 6.07) is 9.58. The highest BCUT2D eigenvalue weighted by Gasteiger charge is 2.26. The summed E-state index contributed by atoms with van der Waals surface area (Å²) >= 11 is 0. The lowest BCUT2D eigenvalue weighted by Gasteiger charge is -2.05. The number of hydrogen-bond donors (Lipinski definition) is 2. The fourth-order valence-corrected chi connectivity index (χ4v) is 3.49. The Morgan fingerprint density at radius 1 is 1.21 bits per heavy atom. The van der Waals surface area contributed by atoms with Gasteiger partial charge in [-0.05, 0) is 49.5 Å². The number of unbranched alkanes of at least 4 members (excludes halogenated alkanes) is 1. The van der Waals surface area contributed by atoms with Crippen LogP contribution < -0.4 is 4.74 Å². The molecule has 0 aliphatic heterocycles. The molecule has 0 radical (unpaired) electrons. The minimum Gasteiger partial charge on any atom is -0.494 e. The Morgan fingerprint density at radius 3 is 2.66 bits per heavy atom. The molecule has 1 aliphatic rings. The molecule has 1 aromatic rings. The van der Waals surface area contributed by atoms with Gasteiger partial charge in [0, 0.05) is 18.4 Å². The zero-order valence-electron chi connectivity index (χ0n) is 16.6. The van der Waals surface area contributed by atoms with E-state index in [0.29, 0.717) is 25.0 Å². The van der Waals surface area contributed by atoms with Crippen LogP contribution in [-0.4, -0.2) is 45.8 Å². The monoisotopic (exact) mass is 416 g/mol. The van der Waals surface area contributed by atoms with Crippen LogP contribution in [0.1, 0.15) is 25.7 Å². The molecule has 29 heavy (non-hydrogen) atoms. The SMILES string of the molecule is CS(=O)C1=CC(=CCCCOc2ccccc2)C(=CC=CC(O)CCCO)C1=O. The Kier molecular flexibility index (Phi) is 9.77. The van der Waals surface area contributed by atoms with Gasteiger partial charge in [0.25, 0.3) is 0 Å². The lowest BCUT2D eigenvalue weighted by Crippen LogP contribution is -2.05. The summed E-state index contributed by atoms with van der Waals surface area (Å²) in [6.07, 6.45) is 11.8. The summed E-state index contributed by atoms with van der Waals surface area (Å²) in [4.78, 5) is 12.8. The van der Waals surface area contributed by atoms with E-state index < -0.39 is 16.9 Å². The van der Waals surface area contributed by atoms with Crippen LogP contribution in [0.5, 0.6) is 5.75 Å². The maximum atomic E-state index is 12.6. The first-order valence-corrected chi connectivity index (χ1v) is 11.2. The summed E-state index contributed by atoms with van der Waals surface area (Å²) in [6.45, 7) is 0.592. The molecule has 1 aromatic carbocycles. The molecular formula is C23H28O5S. The Labute approximate surface area is 174 Å². The molecule has 0 amide bonds. The van der Waals surface area contributed by atoms with Crippen molar-refractivity contribution in [1.82, 2.24) is 0 Å². The molecule has 156 valence electrons. The van der Waals surface area contributed by atoms with E-state index in [1.807, 2.05) is 36.4 Å². The number of benzene rings is 1. The van der Waals surface area contributed by atoms with Crippen LogP contribution in [0.3, 0.4) is 0 Å². The number of para-hydroxylation sites is 1. The summed E-state index contributed by atoms with van der Waals surface area (Å²) in [5.41, 5.74) is 1.22. The number of carbonyl (C=O) groups is 1. The van der Waals surface area contributed by atoms with Crippen LogP contribution in [0.25, 0.3) is 0 Å². The van der Waals surface area contributed by atoms with Gasteiger partial charge in [0.05, 0.1) is 28.4 Å². The Morgan fingerprint density at radius 2 is 1.97 bits per heavy atom. The first-order chi connectivity index (χ1) is 14.0. The molecule has 6 heteroatoms. The molecule has 2 atom stereocenters. The van der Waals surface area contributed by atoms with Gasteiger partial charge in [-0.25, -0.2) is 0 Å². The normalized spacial score (nSPS) is 19.1. The molecule has 0 heterocycles. The number of Topliss-reactive ketones (excluding diaryl/α,β-unsaturated/α-hetero) is 1. The third-order valence-electron chi connectivity index (χ3n) is 4.35. The quantitative estimate of drug-likeness (QED) is 0.427. The Bertz CT molecular complexity index is 821. The van der Waals surface area contributed by atoms with Crippen molar-refractivity contribution in [1.29, 1.82) is 0 Å². The van der Waals surface area contributed by atoms with Gasteiger partial charge in [-0.3, -0.25) is 9.00 Å².